The summed E-state index contributed by atoms with van der Waals surface area (Å²) in [5.74, 6) is 0.900. The number of likely N-dealkylation sites (tertiary alicyclic amines) is 2. The molecule has 2 aromatic rings. The van der Waals surface area contributed by atoms with Gasteiger partial charge in [0, 0.05) is 36.6 Å². The number of rotatable bonds is 3. The molecule has 2 aliphatic rings. The van der Waals surface area contributed by atoms with Crippen LogP contribution < -0.4 is 10.3 Å². The van der Waals surface area contributed by atoms with Gasteiger partial charge in [-0.05, 0) is 56.6 Å². The Morgan fingerprint density at radius 2 is 2.00 bits per heavy atom. The number of amides is 1. The number of nitrogens with zero attached hydrogens (tertiary/aromatic N) is 2. The molecule has 2 aliphatic heterocycles. The maximum Gasteiger partial charge on any atom is 0.252 e. The maximum atomic E-state index is 12.7. The van der Waals surface area contributed by atoms with E-state index >= 15 is 0 Å². The first-order valence-corrected chi connectivity index (χ1v) is 9.76. The molecule has 7 nitrogen and oxygen atoms in total. The van der Waals surface area contributed by atoms with Gasteiger partial charge in [-0.1, -0.05) is 0 Å². The number of piperidine rings is 2. The van der Waals surface area contributed by atoms with Crippen molar-refractivity contribution in [2.45, 2.75) is 31.9 Å². The minimum atomic E-state index is -0.452. The van der Waals surface area contributed by atoms with Crippen molar-refractivity contribution in [2.75, 3.05) is 33.8 Å². The molecule has 4 rings (SSSR count). The van der Waals surface area contributed by atoms with E-state index in [4.69, 9.17) is 4.74 Å². The van der Waals surface area contributed by atoms with Gasteiger partial charge in [0.05, 0.1) is 18.6 Å². The highest BCUT2D eigenvalue weighted by molar-refractivity contribution is 5.83. The molecule has 2 N–H and O–H groups in total. The fourth-order valence-electron chi connectivity index (χ4n) is 4.68. The second kappa shape index (κ2) is 7.22. The summed E-state index contributed by atoms with van der Waals surface area (Å²) in [5, 5.41) is 11.1. The topological polar surface area (TPSA) is 85.9 Å². The third-order valence-electron chi connectivity index (χ3n) is 6.25. The van der Waals surface area contributed by atoms with Crippen LogP contribution in [0.25, 0.3) is 10.9 Å². The minimum Gasteiger partial charge on any atom is -0.497 e. The van der Waals surface area contributed by atoms with Gasteiger partial charge in [0.15, 0.2) is 0 Å². The van der Waals surface area contributed by atoms with Crippen molar-refractivity contribution in [3.05, 3.63) is 40.2 Å². The quantitative estimate of drug-likeness (QED) is 0.833. The van der Waals surface area contributed by atoms with Gasteiger partial charge < -0.3 is 19.7 Å². The van der Waals surface area contributed by atoms with E-state index in [9.17, 15) is 14.7 Å². The van der Waals surface area contributed by atoms with Crippen LogP contribution in [0.1, 0.15) is 24.8 Å². The number of carbonyl (C=O) groups excluding carboxylic acids is 1. The average molecular weight is 385 g/mol. The maximum absolute atomic E-state index is 12.7. The number of methoxy groups -OCH3 is 1. The molecule has 150 valence electrons. The number of aliphatic hydroxyl groups excluding tert-OH is 1. The van der Waals surface area contributed by atoms with Crippen LogP contribution >= 0.6 is 0 Å². The van der Waals surface area contributed by atoms with Crippen LogP contribution in [-0.2, 0) is 11.3 Å². The number of β-amino-alcohol motifs (C(OH)–C–C–N with tert-alkyl or cyclic N) is 1. The monoisotopic (exact) mass is 385 g/mol. The molecule has 0 aliphatic carbocycles. The van der Waals surface area contributed by atoms with E-state index in [1.165, 1.54) is 0 Å². The van der Waals surface area contributed by atoms with Crippen LogP contribution in [0, 0.1) is 5.41 Å². The molecule has 1 atom stereocenters. The van der Waals surface area contributed by atoms with Crippen LogP contribution in [0.2, 0.25) is 0 Å². The van der Waals surface area contributed by atoms with Crippen molar-refractivity contribution in [3.8, 4) is 5.75 Å². The van der Waals surface area contributed by atoms with Gasteiger partial charge in [-0.15, -0.1) is 0 Å². The summed E-state index contributed by atoms with van der Waals surface area (Å²) < 4.78 is 5.27. The standard InChI is InChI=1S/C21H27N3O4/c1-23-13-16(25)11-21(20(23)27)5-7-24(8-6-21)12-15-9-14-10-17(28-2)3-4-18(14)22-19(15)26/h3-4,9-10,16,25H,5-8,11-13H2,1-2H3,(H,22,26). The number of aromatic amines is 1. The largest absolute Gasteiger partial charge is 0.497 e. The number of likely N-dealkylation sites (N-methyl/N-ethyl adjacent to an activating group) is 1. The van der Waals surface area contributed by atoms with Gasteiger partial charge in [-0.3, -0.25) is 14.5 Å². The number of nitrogens with one attached hydrogen (secondary N) is 1. The summed E-state index contributed by atoms with van der Waals surface area (Å²) in [6.45, 7) is 2.44. The van der Waals surface area contributed by atoms with Crippen molar-refractivity contribution >= 4 is 16.8 Å². The fraction of sp³-hybridized carbons (Fsp3) is 0.524. The molecule has 2 fully saturated rings. The highest BCUT2D eigenvalue weighted by atomic mass is 16.5. The van der Waals surface area contributed by atoms with E-state index in [0.717, 1.165) is 29.7 Å². The van der Waals surface area contributed by atoms with Crippen LogP contribution in [0.3, 0.4) is 0 Å². The lowest BCUT2D eigenvalue weighted by molar-refractivity contribution is -0.154. The first-order valence-electron chi connectivity index (χ1n) is 9.76. The van der Waals surface area contributed by atoms with Gasteiger partial charge in [0.1, 0.15) is 5.75 Å². The third kappa shape index (κ3) is 3.40. The van der Waals surface area contributed by atoms with Gasteiger partial charge in [0.2, 0.25) is 5.91 Å². The van der Waals surface area contributed by atoms with Gasteiger partial charge in [-0.25, -0.2) is 0 Å². The molecule has 1 spiro atoms. The number of ether oxygens (including phenoxy) is 1. The third-order valence-corrected chi connectivity index (χ3v) is 6.25. The highest BCUT2D eigenvalue weighted by Gasteiger charge is 2.47. The van der Waals surface area contributed by atoms with E-state index in [1.807, 2.05) is 24.3 Å². The van der Waals surface area contributed by atoms with Crippen molar-refractivity contribution < 1.29 is 14.6 Å². The normalized spacial score (nSPS) is 22.8. The van der Waals surface area contributed by atoms with E-state index < -0.39 is 11.5 Å². The molecule has 3 heterocycles. The van der Waals surface area contributed by atoms with Crippen molar-refractivity contribution in [1.82, 2.24) is 14.8 Å². The molecule has 1 aromatic heterocycles. The van der Waals surface area contributed by atoms with Crippen LogP contribution in [-0.4, -0.2) is 65.7 Å². The van der Waals surface area contributed by atoms with Crippen molar-refractivity contribution in [2.24, 2.45) is 5.41 Å². The first-order chi connectivity index (χ1) is 13.4. The van der Waals surface area contributed by atoms with E-state index in [2.05, 4.69) is 9.88 Å². The Bertz CT molecular complexity index is 946. The predicted molar refractivity (Wildman–Crippen MR) is 106 cm³/mol. The Hall–Kier alpha value is -2.38. The predicted octanol–water partition coefficient (Wildman–Crippen LogP) is 1.34. The Morgan fingerprint density at radius 3 is 2.71 bits per heavy atom. The Balaban J connectivity index is 1.50. The molecule has 0 bridgehead atoms. The average Bonchev–Trinajstić information content (AvgIpc) is 2.68. The van der Waals surface area contributed by atoms with Crippen molar-refractivity contribution in [1.29, 1.82) is 0 Å². The number of H-pyrrole nitrogens is 1. The molecular weight excluding hydrogens is 358 g/mol. The Labute approximate surface area is 163 Å². The minimum absolute atomic E-state index is 0.0816. The summed E-state index contributed by atoms with van der Waals surface area (Å²) in [4.78, 5) is 32.0. The number of aromatic nitrogens is 1. The lowest BCUT2D eigenvalue weighted by Gasteiger charge is -2.47. The molecule has 0 radical (unpaired) electrons. The van der Waals surface area contributed by atoms with Crippen LogP contribution in [0.5, 0.6) is 5.75 Å². The van der Waals surface area contributed by atoms with E-state index in [1.54, 1.807) is 19.1 Å². The smallest absolute Gasteiger partial charge is 0.252 e. The molecule has 1 unspecified atom stereocenters. The molecule has 1 amide bonds. The van der Waals surface area contributed by atoms with Crippen LogP contribution in [0.15, 0.2) is 29.1 Å². The van der Waals surface area contributed by atoms with Crippen LogP contribution in [0.4, 0.5) is 0 Å². The van der Waals surface area contributed by atoms with E-state index in [-0.39, 0.29) is 11.5 Å². The van der Waals surface area contributed by atoms with Gasteiger partial charge >= 0.3 is 0 Å². The summed E-state index contributed by atoms with van der Waals surface area (Å²) in [5.41, 5.74) is 0.967. The molecule has 1 aromatic carbocycles. The number of fused-ring (bicyclic) bond motifs is 1. The van der Waals surface area contributed by atoms with E-state index in [0.29, 0.717) is 37.9 Å². The number of carbonyl (C=O) groups is 1. The second-order valence-electron chi connectivity index (χ2n) is 8.18. The SMILES string of the molecule is COc1ccc2[nH]c(=O)c(CN3CCC4(CC3)CC(O)CN(C)C4=O)cc2c1. The zero-order chi connectivity index (χ0) is 19.9. The molecule has 0 saturated carbocycles. The Kier molecular flexibility index (Phi) is 4.89. The highest BCUT2D eigenvalue weighted by Crippen LogP contribution is 2.40. The summed E-state index contributed by atoms with van der Waals surface area (Å²) in [6.07, 6.45) is 1.52. The summed E-state index contributed by atoms with van der Waals surface area (Å²) >= 11 is 0. The molecular formula is C21H27N3O4. The lowest BCUT2D eigenvalue weighted by atomic mass is 9.71. The summed E-state index contributed by atoms with van der Waals surface area (Å²) in [6, 6.07) is 7.51. The molecule has 2 saturated heterocycles. The van der Waals surface area contributed by atoms with Gasteiger partial charge in [0.25, 0.3) is 5.56 Å². The van der Waals surface area contributed by atoms with Gasteiger partial charge in [-0.2, -0.15) is 0 Å². The lowest BCUT2D eigenvalue weighted by Crippen LogP contribution is -2.56. The number of pyridine rings is 1. The first kappa shape index (κ1) is 19.0. The molecule has 28 heavy (non-hydrogen) atoms. The fourth-order valence-corrected chi connectivity index (χ4v) is 4.68. The zero-order valence-electron chi connectivity index (χ0n) is 16.4. The van der Waals surface area contributed by atoms with Crippen molar-refractivity contribution in [3.63, 3.8) is 0 Å². The Morgan fingerprint density at radius 1 is 1.25 bits per heavy atom. The second-order valence-corrected chi connectivity index (χ2v) is 8.18. The number of benzene rings is 1. The zero-order valence-corrected chi connectivity index (χ0v) is 16.4. The number of hydrogen-bond acceptors (Lipinski definition) is 5. The summed E-state index contributed by atoms with van der Waals surface area (Å²) in [7, 11) is 3.39. The molecule has 7 heteroatoms. The number of aliphatic hydroxyl groups is 1. The number of hydrogen-bond donors (Lipinski definition) is 2.